The summed E-state index contributed by atoms with van der Waals surface area (Å²) in [6.45, 7) is 5.10. The van der Waals surface area contributed by atoms with E-state index in [2.05, 4.69) is 5.10 Å². The number of halogens is 1. The summed E-state index contributed by atoms with van der Waals surface area (Å²) in [5.74, 6) is -1.02. The predicted octanol–water partition coefficient (Wildman–Crippen LogP) is 3.38. The number of aromatic nitrogens is 2. The van der Waals surface area contributed by atoms with E-state index in [1.165, 1.54) is 12.1 Å². The molecule has 0 saturated carbocycles. The molecule has 1 atom stereocenters. The molecule has 1 amide bonds. The number of rotatable bonds is 6. The minimum Gasteiger partial charge on any atom is -0.466 e. The molecule has 150 valence electrons. The molecule has 1 saturated heterocycles. The van der Waals surface area contributed by atoms with Crippen LogP contribution in [0.25, 0.3) is 5.69 Å². The minimum atomic E-state index is -0.350. The van der Waals surface area contributed by atoms with Crippen molar-refractivity contribution in [3.63, 3.8) is 0 Å². The van der Waals surface area contributed by atoms with E-state index in [4.69, 9.17) is 4.74 Å². The van der Waals surface area contributed by atoms with Gasteiger partial charge < -0.3 is 9.64 Å². The lowest BCUT2D eigenvalue weighted by atomic mass is 9.97. The third kappa shape index (κ3) is 4.24. The molecule has 0 aliphatic carbocycles. The highest BCUT2D eigenvalue weighted by atomic mass is 19.1. The highest BCUT2D eigenvalue weighted by Gasteiger charge is 2.31. The van der Waals surface area contributed by atoms with Gasteiger partial charge in [0.15, 0.2) is 0 Å². The Morgan fingerprint density at radius 1 is 1.32 bits per heavy atom. The number of carbonyl (C=O) groups excluding carboxylic acids is 2. The van der Waals surface area contributed by atoms with Crippen molar-refractivity contribution in [2.24, 2.45) is 5.92 Å². The molecule has 2 aromatic rings. The third-order valence-corrected chi connectivity index (χ3v) is 4.97. The maximum absolute atomic E-state index is 13.6. The Labute approximate surface area is 164 Å². The number of carbonyl (C=O) groups is 2. The van der Waals surface area contributed by atoms with Gasteiger partial charge in [0.25, 0.3) is 5.91 Å². The summed E-state index contributed by atoms with van der Waals surface area (Å²) >= 11 is 0. The predicted molar refractivity (Wildman–Crippen MR) is 103 cm³/mol. The first-order chi connectivity index (χ1) is 13.5. The molecular formula is C21H26FN3O3. The van der Waals surface area contributed by atoms with E-state index in [0.717, 1.165) is 25.0 Å². The van der Waals surface area contributed by atoms with Crippen molar-refractivity contribution >= 4 is 11.9 Å². The largest absolute Gasteiger partial charge is 0.466 e. The molecule has 0 unspecified atom stereocenters. The molecule has 1 fully saturated rings. The summed E-state index contributed by atoms with van der Waals surface area (Å²) in [5, 5.41) is 4.36. The van der Waals surface area contributed by atoms with Gasteiger partial charge in [-0.2, -0.15) is 5.10 Å². The Morgan fingerprint density at radius 3 is 2.86 bits per heavy atom. The van der Waals surface area contributed by atoms with E-state index >= 15 is 0 Å². The lowest BCUT2D eigenvalue weighted by molar-refractivity contribution is -0.149. The number of nitrogens with zero attached hydrogens (tertiary/aromatic N) is 3. The molecule has 6 nitrogen and oxygen atoms in total. The lowest BCUT2D eigenvalue weighted by Gasteiger charge is -2.31. The van der Waals surface area contributed by atoms with Crippen molar-refractivity contribution in [3.05, 3.63) is 47.5 Å². The Balaban J connectivity index is 1.86. The van der Waals surface area contributed by atoms with E-state index < -0.39 is 0 Å². The second-order valence-electron chi connectivity index (χ2n) is 6.99. The van der Waals surface area contributed by atoms with Gasteiger partial charge in [-0.15, -0.1) is 0 Å². The Bertz CT molecular complexity index is 849. The highest BCUT2D eigenvalue weighted by molar-refractivity contribution is 5.95. The fourth-order valence-corrected chi connectivity index (χ4v) is 3.64. The van der Waals surface area contributed by atoms with Crippen LogP contribution in [0.4, 0.5) is 4.39 Å². The average molecular weight is 387 g/mol. The van der Waals surface area contributed by atoms with Crippen LogP contribution in [0.2, 0.25) is 0 Å². The summed E-state index contributed by atoms with van der Waals surface area (Å²) in [5.41, 5.74) is 1.86. The Hall–Kier alpha value is -2.70. The highest BCUT2D eigenvalue weighted by Crippen LogP contribution is 2.23. The number of benzene rings is 1. The first-order valence-electron chi connectivity index (χ1n) is 9.83. The van der Waals surface area contributed by atoms with Gasteiger partial charge in [-0.3, -0.25) is 9.59 Å². The molecule has 1 aromatic carbocycles. The van der Waals surface area contributed by atoms with Gasteiger partial charge in [0, 0.05) is 13.1 Å². The minimum absolute atomic E-state index is 0.139. The van der Waals surface area contributed by atoms with Gasteiger partial charge >= 0.3 is 5.97 Å². The van der Waals surface area contributed by atoms with E-state index in [-0.39, 0.29) is 23.6 Å². The van der Waals surface area contributed by atoms with Crippen LogP contribution in [0.1, 0.15) is 49.2 Å². The molecule has 2 heterocycles. The molecule has 0 radical (unpaired) electrons. The summed E-state index contributed by atoms with van der Waals surface area (Å²) in [6.07, 6.45) is 4.51. The smallest absolute Gasteiger partial charge is 0.310 e. The van der Waals surface area contributed by atoms with E-state index in [9.17, 15) is 14.0 Å². The SMILES string of the molecule is CCCc1c(C(=O)N2CCC[C@@H](C(=O)OCC)C2)cnn1-c1cccc(F)c1. The van der Waals surface area contributed by atoms with Crippen LogP contribution in [0.3, 0.4) is 0 Å². The topological polar surface area (TPSA) is 64.4 Å². The van der Waals surface area contributed by atoms with Gasteiger partial charge in [-0.05, 0) is 44.4 Å². The van der Waals surface area contributed by atoms with Crippen LogP contribution in [-0.4, -0.2) is 46.3 Å². The zero-order valence-corrected chi connectivity index (χ0v) is 16.4. The molecule has 1 aliphatic heterocycles. The fraction of sp³-hybridized carbons (Fsp3) is 0.476. The number of amides is 1. The molecule has 7 heteroatoms. The quantitative estimate of drug-likeness (QED) is 0.713. The third-order valence-electron chi connectivity index (χ3n) is 4.97. The molecule has 1 aromatic heterocycles. The van der Waals surface area contributed by atoms with Crippen LogP contribution in [-0.2, 0) is 16.0 Å². The molecular weight excluding hydrogens is 361 g/mol. The number of hydrogen-bond acceptors (Lipinski definition) is 4. The summed E-state index contributed by atoms with van der Waals surface area (Å²) in [7, 11) is 0. The number of ether oxygens (including phenoxy) is 1. The van der Waals surface area contributed by atoms with Crippen molar-refractivity contribution in [3.8, 4) is 5.69 Å². The molecule has 3 rings (SSSR count). The molecule has 0 N–H and O–H groups in total. The van der Waals surface area contributed by atoms with Crippen molar-refractivity contribution < 1.29 is 18.7 Å². The van der Waals surface area contributed by atoms with Crippen LogP contribution >= 0.6 is 0 Å². The monoisotopic (exact) mass is 387 g/mol. The standard InChI is InChI=1S/C21H26FN3O3/c1-3-7-19-18(13-23-25(19)17-10-5-9-16(22)12-17)20(26)24-11-6-8-15(14-24)21(27)28-4-2/h5,9-10,12-13,15H,3-4,6-8,11,14H2,1-2H3/t15-/m1/s1. The maximum Gasteiger partial charge on any atom is 0.310 e. The van der Waals surface area contributed by atoms with Crippen LogP contribution in [0, 0.1) is 11.7 Å². The Morgan fingerprint density at radius 2 is 2.14 bits per heavy atom. The molecule has 0 spiro atoms. The summed E-state index contributed by atoms with van der Waals surface area (Å²) in [4.78, 5) is 27.0. The van der Waals surface area contributed by atoms with E-state index in [1.54, 1.807) is 34.8 Å². The number of likely N-dealkylation sites (tertiary alicyclic amines) is 1. The normalized spacial score (nSPS) is 16.8. The van der Waals surface area contributed by atoms with Gasteiger partial charge in [-0.1, -0.05) is 19.4 Å². The average Bonchev–Trinajstić information content (AvgIpc) is 3.11. The summed E-state index contributed by atoms with van der Waals surface area (Å²) < 4.78 is 20.4. The summed E-state index contributed by atoms with van der Waals surface area (Å²) in [6, 6.07) is 6.17. The maximum atomic E-state index is 13.6. The van der Waals surface area contributed by atoms with Crippen LogP contribution in [0.15, 0.2) is 30.5 Å². The van der Waals surface area contributed by atoms with Gasteiger partial charge in [0.2, 0.25) is 0 Å². The number of esters is 1. The van der Waals surface area contributed by atoms with Gasteiger partial charge in [0.05, 0.1) is 35.7 Å². The van der Waals surface area contributed by atoms with Gasteiger partial charge in [-0.25, -0.2) is 9.07 Å². The zero-order valence-electron chi connectivity index (χ0n) is 16.4. The Kier molecular flexibility index (Phi) is 6.44. The van der Waals surface area contributed by atoms with Crippen molar-refractivity contribution in [1.82, 2.24) is 14.7 Å². The first-order valence-corrected chi connectivity index (χ1v) is 9.83. The zero-order chi connectivity index (χ0) is 20.1. The van der Waals surface area contributed by atoms with Crippen LogP contribution in [0.5, 0.6) is 0 Å². The first kappa shape index (κ1) is 20.0. The number of piperidine rings is 1. The van der Waals surface area contributed by atoms with Gasteiger partial charge in [0.1, 0.15) is 5.82 Å². The van der Waals surface area contributed by atoms with E-state index in [0.29, 0.717) is 37.4 Å². The lowest BCUT2D eigenvalue weighted by Crippen LogP contribution is -2.43. The molecule has 0 bridgehead atoms. The number of hydrogen-bond donors (Lipinski definition) is 0. The second kappa shape index (κ2) is 8.99. The molecule has 28 heavy (non-hydrogen) atoms. The van der Waals surface area contributed by atoms with Crippen molar-refractivity contribution in [2.75, 3.05) is 19.7 Å². The molecule has 1 aliphatic rings. The van der Waals surface area contributed by atoms with Crippen molar-refractivity contribution in [2.45, 2.75) is 39.5 Å². The van der Waals surface area contributed by atoms with Crippen molar-refractivity contribution in [1.29, 1.82) is 0 Å². The fourth-order valence-electron chi connectivity index (χ4n) is 3.64. The second-order valence-corrected chi connectivity index (χ2v) is 6.99. The van der Waals surface area contributed by atoms with E-state index in [1.807, 2.05) is 6.92 Å². The van der Waals surface area contributed by atoms with Crippen LogP contribution < -0.4 is 0 Å².